The first-order chi connectivity index (χ1) is 15.0. The minimum atomic E-state index is 0.512. The predicted molar refractivity (Wildman–Crippen MR) is 133 cm³/mol. The third-order valence-electron chi connectivity index (χ3n) is 3.90. The van der Waals surface area contributed by atoms with Crippen LogP contribution in [0.1, 0.15) is 34.6 Å². The fraction of sp³-hybridized carbons (Fsp3) is 0.200. The van der Waals surface area contributed by atoms with Crippen LogP contribution in [0.4, 0.5) is 5.82 Å². The number of aromatic nitrogens is 1. The van der Waals surface area contributed by atoms with Crippen LogP contribution in [-0.4, -0.2) is 10.8 Å². The van der Waals surface area contributed by atoms with Crippen LogP contribution in [0.2, 0.25) is 5.02 Å². The van der Waals surface area contributed by atoms with Crippen molar-refractivity contribution < 1.29 is 4.74 Å². The van der Waals surface area contributed by atoms with Gasteiger partial charge in [-0.2, -0.15) is 0 Å². The fourth-order valence-electron chi connectivity index (χ4n) is 2.46. The van der Waals surface area contributed by atoms with Gasteiger partial charge in [0.05, 0.1) is 0 Å². The van der Waals surface area contributed by atoms with Crippen LogP contribution in [0, 0.1) is 0 Å². The molecule has 0 amide bonds. The lowest BCUT2D eigenvalue weighted by atomic mass is 10.3. The van der Waals surface area contributed by atoms with Gasteiger partial charge in [-0.1, -0.05) is 67.6 Å². The van der Waals surface area contributed by atoms with Crippen molar-refractivity contribution in [1.82, 2.24) is 10.3 Å². The summed E-state index contributed by atoms with van der Waals surface area (Å²) in [5.41, 5.74) is 1.02. The maximum atomic E-state index is 6.10. The summed E-state index contributed by atoms with van der Waals surface area (Å²) in [7, 11) is 0. The number of amidine groups is 1. The molecule has 0 aliphatic rings. The summed E-state index contributed by atoms with van der Waals surface area (Å²) in [5.74, 6) is 2.56. The third kappa shape index (κ3) is 8.12. The molecule has 0 saturated heterocycles. The van der Waals surface area contributed by atoms with E-state index in [2.05, 4.69) is 15.3 Å². The van der Waals surface area contributed by atoms with E-state index in [1.165, 1.54) is 0 Å². The number of para-hydroxylation sites is 1. The van der Waals surface area contributed by atoms with Crippen molar-refractivity contribution in [3.8, 4) is 11.5 Å². The van der Waals surface area contributed by atoms with Crippen LogP contribution < -0.4 is 10.1 Å². The van der Waals surface area contributed by atoms with Crippen LogP contribution in [0.3, 0.4) is 0 Å². The molecule has 0 bridgehead atoms. The quantitative estimate of drug-likeness (QED) is 0.301. The fourth-order valence-corrected chi connectivity index (χ4v) is 3.59. The summed E-state index contributed by atoms with van der Waals surface area (Å²) in [4.78, 5) is 11.1. The van der Waals surface area contributed by atoms with Crippen LogP contribution in [-0.2, 0) is 0 Å². The standard InChI is InChI=1S/C23H22ClN3OS.C2H6/c1-4-16(2)26-17(3)27-23-22(28-19-10-6-5-7-11-19)14-21(15-25-23)29-20-12-8-9-18(24)13-20;1-2/h4-15H,1-3H3,(H,25,26,27);1-2H3/b16-4-;. The predicted octanol–water partition coefficient (Wildman–Crippen LogP) is 8.27. The molecule has 4 nitrogen and oxygen atoms in total. The normalized spacial score (nSPS) is 11.4. The summed E-state index contributed by atoms with van der Waals surface area (Å²) >= 11 is 7.67. The van der Waals surface area contributed by atoms with Gasteiger partial charge in [0.2, 0.25) is 0 Å². The van der Waals surface area contributed by atoms with Crippen LogP contribution in [0.25, 0.3) is 0 Å². The molecule has 0 saturated carbocycles. The first kappa shape index (κ1) is 24.5. The van der Waals surface area contributed by atoms with Crippen LogP contribution in [0.5, 0.6) is 11.5 Å². The van der Waals surface area contributed by atoms with Crippen LogP contribution >= 0.6 is 23.4 Å². The monoisotopic (exact) mass is 453 g/mol. The van der Waals surface area contributed by atoms with Gasteiger partial charge in [-0.05, 0) is 51.1 Å². The van der Waals surface area contributed by atoms with Gasteiger partial charge in [-0.3, -0.25) is 0 Å². The lowest BCUT2D eigenvalue weighted by molar-refractivity contribution is 0.480. The number of benzene rings is 2. The van der Waals surface area contributed by atoms with Crippen molar-refractivity contribution in [3.05, 3.63) is 83.7 Å². The van der Waals surface area contributed by atoms with Crippen molar-refractivity contribution in [2.75, 3.05) is 0 Å². The van der Waals surface area contributed by atoms with Gasteiger partial charge in [0.25, 0.3) is 0 Å². The molecule has 1 aromatic heterocycles. The SMILES string of the molecule is C/C=C(/C)N/C(C)=N/c1ncc(Sc2cccc(Cl)c2)cc1Oc1ccccc1.CC. The zero-order chi connectivity index (χ0) is 22.6. The van der Waals surface area contributed by atoms with Gasteiger partial charge >= 0.3 is 0 Å². The van der Waals surface area contributed by atoms with Crippen molar-refractivity contribution in [2.24, 2.45) is 4.99 Å². The highest BCUT2D eigenvalue weighted by atomic mass is 35.5. The van der Waals surface area contributed by atoms with E-state index in [0.29, 0.717) is 16.6 Å². The number of rotatable bonds is 6. The Morgan fingerprint density at radius 1 is 1.03 bits per heavy atom. The lowest BCUT2D eigenvalue weighted by Crippen LogP contribution is -2.17. The first-order valence-corrected chi connectivity index (χ1v) is 11.3. The molecular weight excluding hydrogens is 426 g/mol. The minimum absolute atomic E-state index is 0.512. The second-order valence-electron chi connectivity index (χ2n) is 6.26. The summed E-state index contributed by atoms with van der Waals surface area (Å²) in [5, 5.41) is 3.93. The number of aliphatic imine (C=N–C) groups is 1. The van der Waals surface area contributed by atoms with E-state index in [0.717, 1.165) is 27.1 Å². The van der Waals surface area contributed by atoms with Gasteiger partial charge in [-0.25, -0.2) is 9.98 Å². The number of halogens is 1. The van der Waals surface area contributed by atoms with Crippen molar-refractivity contribution in [1.29, 1.82) is 0 Å². The van der Waals surface area contributed by atoms with E-state index in [4.69, 9.17) is 16.3 Å². The van der Waals surface area contributed by atoms with Gasteiger partial charge in [0.15, 0.2) is 11.6 Å². The topological polar surface area (TPSA) is 46.5 Å². The molecule has 1 heterocycles. The van der Waals surface area contributed by atoms with Crippen molar-refractivity contribution >= 4 is 35.0 Å². The Morgan fingerprint density at radius 2 is 1.77 bits per heavy atom. The zero-order valence-electron chi connectivity index (χ0n) is 18.5. The molecule has 2 aromatic carbocycles. The van der Waals surface area contributed by atoms with E-state index in [1.54, 1.807) is 18.0 Å². The Bertz CT molecular complexity index is 1040. The molecule has 3 rings (SSSR count). The maximum absolute atomic E-state index is 6.10. The number of ether oxygens (including phenoxy) is 1. The highest BCUT2D eigenvalue weighted by Gasteiger charge is 2.10. The van der Waals surface area contributed by atoms with Crippen molar-refractivity contribution in [3.63, 3.8) is 0 Å². The highest BCUT2D eigenvalue weighted by molar-refractivity contribution is 7.99. The second-order valence-corrected chi connectivity index (χ2v) is 7.84. The molecule has 3 aromatic rings. The summed E-state index contributed by atoms with van der Waals surface area (Å²) in [6.45, 7) is 9.85. The first-order valence-electron chi connectivity index (χ1n) is 10.1. The average molecular weight is 454 g/mol. The Hall–Kier alpha value is -2.76. The Balaban J connectivity index is 0.00000166. The summed E-state index contributed by atoms with van der Waals surface area (Å²) in [6.07, 6.45) is 3.77. The number of allylic oxidation sites excluding steroid dienone is 2. The van der Waals surface area contributed by atoms with E-state index < -0.39 is 0 Å². The lowest BCUT2D eigenvalue weighted by Gasteiger charge is -2.11. The molecule has 0 radical (unpaired) electrons. The number of hydrogen-bond acceptors (Lipinski definition) is 4. The number of nitrogens with zero attached hydrogens (tertiary/aromatic N) is 2. The zero-order valence-corrected chi connectivity index (χ0v) is 20.1. The largest absolute Gasteiger partial charge is 0.453 e. The van der Waals surface area contributed by atoms with E-state index >= 15 is 0 Å². The number of hydrogen-bond donors (Lipinski definition) is 1. The molecule has 0 unspecified atom stereocenters. The molecule has 0 spiro atoms. The third-order valence-corrected chi connectivity index (χ3v) is 5.08. The second kappa shape index (κ2) is 12.8. The van der Waals surface area contributed by atoms with E-state index in [9.17, 15) is 0 Å². The van der Waals surface area contributed by atoms with Crippen LogP contribution in [0.15, 0.2) is 93.4 Å². The molecule has 0 aliphatic carbocycles. The Kier molecular flexibility index (Phi) is 10.1. The van der Waals surface area contributed by atoms with Gasteiger partial charge in [0, 0.05) is 32.8 Å². The molecule has 162 valence electrons. The molecule has 6 heteroatoms. The molecule has 31 heavy (non-hydrogen) atoms. The maximum Gasteiger partial charge on any atom is 0.197 e. The smallest absolute Gasteiger partial charge is 0.197 e. The van der Waals surface area contributed by atoms with E-state index in [1.807, 2.05) is 101 Å². The Morgan fingerprint density at radius 3 is 2.45 bits per heavy atom. The average Bonchev–Trinajstić information content (AvgIpc) is 2.77. The van der Waals surface area contributed by atoms with Gasteiger partial charge in [0.1, 0.15) is 11.6 Å². The molecule has 1 N–H and O–H groups in total. The highest BCUT2D eigenvalue weighted by Crippen LogP contribution is 2.36. The number of nitrogens with one attached hydrogen (secondary N) is 1. The van der Waals surface area contributed by atoms with Gasteiger partial charge in [-0.15, -0.1) is 0 Å². The molecular formula is C25H28ClN3OS. The minimum Gasteiger partial charge on any atom is -0.453 e. The summed E-state index contributed by atoms with van der Waals surface area (Å²) < 4.78 is 6.09. The van der Waals surface area contributed by atoms with E-state index in [-0.39, 0.29) is 0 Å². The molecule has 0 atom stereocenters. The number of pyridine rings is 1. The summed E-state index contributed by atoms with van der Waals surface area (Å²) in [6, 6.07) is 19.3. The molecule has 0 aliphatic heterocycles. The Labute approximate surface area is 194 Å². The molecule has 0 fully saturated rings. The van der Waals surface area contributed by atoms with Crippen molar-refractivity contribution in [2.45, 2.75) is 44.4 Å². The van der Waals surface area contributed by atoms with Gasteiger partial charge < -0.3 is 10.1 Å².